The lowest BCUT2D eigenvalue weighted by atomic mass is 10.1. The molecule has 0 atom stereocenters. The van der Waals surface area contributed by atoms with Crippen LogP contribution in [-0.4, -0.2) is 11.3 Å². The molecule has 0 saturated heterocycles. The smallest absolute Gasteiger partial charge is 0.311 e. The van der Waals surface area contributed by atoms with E-state index in [0.29, 0.717) is 12.2 Å². The molecule has 0 heterocycles. The van der Waals surface area contributed by atoms with Crippen molar-refractivity contribution in [2.24, 2.45) is 0 Å². The predicted molar refractivity (Wildman–Crippen MR) is 77.2 cm³/mol. The number of halogens is 1. The minimum absolute atomic E-state index is 0.161. The maximum absolute atomic E-state index is 11.6. The van der Waals surface area contributed by atoms with Crippen molar-refractivity contribution < 1.29 is 9.53 Å². The van der Waals surface area contributed by atoms with Gasteiger partial charge < -0.3 is 4.74 Å². The van der Waals surface area contributed by atoms with Gasteiger partial charge in [-0.05, 0) is 35.7 Å². The summed E-state index contributed by atoms with van der Waals surface area (Å²) in [6.45, 7) is 0. The Kier molecular flexibility index (Phi) is 4.76. The summed E-state index contributed by atoms with van der Waals surface area (Å²) >= 11 is 3.34. The zero-order chi connectivity index (χ0) is 12.8. The van der Waals surface area contributed by atoms with Gasteiger partial charge in [0, 0.05) is 11.8 Å². The highest BCUT2D eigenvalue weighted by atomic mass is 79.9. The van der Waals surface area contributed by atoms with E-state index in [0.717, 1.165) is 28.9 Å². The van der Waals surface area contributed by atoms with Gasteiger partial charge in [0.25, 0.3) is 0 Å². The van der Waals surface area contributed by atoms with E-state index < -0.39 is 0 Å². The number of hydrogen-bond acceptors (Lipinski definition) is 2. The minimum atomic E-state index is -0.161. The zero-order valence-corrected chi connectivity index (χ0v) is 11.7. The number of rotatable bonds is 5. The third-order valence-corrected chi connectivity index (χ3v) is 3.28. The van der Waals surface area contributed by atoms with E-state index >= 15 is 0 Å². The van der Waals surface area contributed by atoms with Crippen molar-refractivity contribution in [3.05, 3.63) is 42.5 Å². The van der Waals surface area contributed by atoms with Gasteiger partial charge in [-0.15, -0.1) is 0 Å². The van der Waals surface area contributed by atoms with Crippen LogP contribution in [0.4, 0.5) is 0 Å². The molecule has 94 valence electrons. The van der Waals surface area contributed by atoms with Gasteiger partial charge in [0.1, 0.15) is 5.75 Å². The quantitative estimate of drug-likeness (QED) is 0.356. The second-order valence-electron chi connectivity index (χ2n) is 4.13. The number of fused-ring (bicyclic) bond motifs is 1. The first kappa shape index (κ1) is 13.1. The van der Waals surface area contributed by atoms with E-state index in [9.17, 15) is 4.79 Å². The van der Waals surface area contributed by atoms with Gasteiger partial charge in [-0.3, -0.25) is 4.79 Å². The van der Waals surface area contributed by atoms with Crippen molar-refractivity contribution in [2.45, 2.75) is 19.3 Å². The number of hydrogen-bond donors (Lipinski definition) is 0. The van der Waals surface area contributed by atoms with Crippen LogP contribution in [0, 0.1) is 0 Å². The number of alkyl halides is 1. The van der Waals surface area contributed by atoms with E-state index in [1.165, 1.54) is 0 Å². The lowest BCUT2D eigenvalue weighted by molar-refractivity contribution is -0.134. The van der Waals surface area contributed by atoms with Crippen LogP contribution >= 0.6 is 15.9 Å². The highest BCUT2D eigenvalue weighted by Crippen LogP contribution is 2.21. The van der Waals surface area contributed by atoms with E-state index in [1.807, 2.05) is 42.5 Å². The molecule has 0 bridgehead atoms. The third kappa shape index (κ3) is 3.57. The van der Waals surface area contributed by atoms with Gasteiger partial charge in [0.15, 0.2) is 0 Å². The highest BCUT2D eigenvalue weighted by molar-refractivity contribution is 9.09. The van der Waals surface area contributed by atoms with Crippen molar-refractivity contribution in [2.75, 3.05) is 5.33 Å². The van der Waals surface area contributed by atoms with Gasteiger partial charge in [0.2, 0.25) is 0 Å². The van der Waals surface area contributed by atoms with Gasteiger partial charge in [-0.2, -0.15) is 0 Å². The molecular weight excluding hydrogens is 292 g/mol. The molecule has 2 rings (SSSR count). The summed E-state index contributed by atoms with van der Waals surface area (Å²) in [7, 11) is 0. The second kappa shape index (κ2) is 6.55. The van der Waals surface area contributed by atoms with Crippen LogP contribution in [0.3, 0.4) is 0 Å². The van der Waals surface area contributed by atoms with Gasteiger partial charge in [0.05, 0.1) is 0 Å². The van der Waals surface area contributed by atoms with E-state index in [2.05, 4.69) is 15.9 Å². The highest BCUT2D eigenvalue weighted by Gasteiger charge is 2.05. The molecule has 0 unspecified atom stereocenters. The SMILES string of the molecule is O=C(CCCCBr)Oc1ccc2ccccc2c1. The van der Waals surface area contributed by atoms with Crippen LogP contribution in [0.15, 0.2) is 42.5 Å². The van der Waals surface area contributed by atoms with Crippen molar-refractivity contribution >= 4 is 32.7 Å². The number of unbranched alkanes of at least 4 members (excludes halogenated alkanes) is 1. The van der Waals surface area contributed by atoms with Crippen LogP contribution in [-0.2, 0) is 4.79 Å². The first-order valence-electron chi connectivity index (χ1n) is 6.05. The number of benzene rings is 2. The Morgan fingerprint density at radius 3 is 2.61 bits per heavy atom. The zero-order valence-electron chi connectivity index (χ0n) is 10.1. The average Bonchev–Trinajstić information content (AvgIpc) is 2.39. The fraction of sp³-hybridized carbons (Fsp3) is 0.267. The number of esters is 1. The largest absolute Gasteiger partial charge is 0.427 e. The first-order chi connectivity index (χ1) is 8.79. The molecule has 0 saturated carbocycles. The molecule has 0 amide bonds. The predicted octanol–water partition coefficient (Wildman–Crippen LogP) is 4.31. The monoisotopic (exact) mass is 306 g/mol. The number of carbonyl (C=O) groups is 1. The lowest BCUT2D eigenvalue weighted by Crippen LogP contribution is -2.07. The van der Waals surface area contributed by atoms with E-state index in [-0.39, 0.29) is 5.97 Å². The van der Waals surface area contributed by atoms with Crippen LogP contribution in [0.5, 0.6) is 5.75 Å². The van der Waals surface area contributed by atoms with E-state index in [1.54, 1.807) is 0 Å². The third-order valence-electron chi connectivity index (χ3n) is 2.72. The fourth-order valence-corrected chi connectivity index (χ4v) is 2.17. The van der Waals surface area contributed by atoms with Crippen LogP contribution in [0.25, 0.3) is 10.8 Å². The molecule has 0 radical (unpaired) electrons. The first-order valence-corrected chi connectivity index (χ1v) is 7.17. The molecule has 2 aromatic carbocycles. The van der Waals surface area contributed by atoms with Gasteiger partial charge >= 0.3 is 5.97 Å². The molecule has 2 nitrogen and oxygen atoms in total. The molecule has 2 aromatic rings. The molecule has 0 spiro atoms. The van der Waals surface area contributed by atoms with E-state index in [4.69, 9.17) is 4.74 Å². The summed E-state index contributed by atoms with van der Waals surface area (Å²) < 4.78 is 5.31. The maximum Gasteiger partial charge on any atom is 0.311 e. The molecule has 0 aliphatic rings. The summed E-state index contributed by atoms with van der Waals surface area (Å²) in [6.07, 6.45) is 2.32. The molecular formula is C15H15BrO2. The van der Waals surface area contributed by atoms with Crippen molar-refractivity contribution in [3.63, 3.8) is 0 Å². The Morgan fingerprint density at radius 2 is 1.83 bits per heavy atom. The summed E-state index contributed by atoms with van der Waals surface area (Å²) in [4.78, 5) is 11.6. The topological polar surface area (TPSA) is 26.3 Å². The summed E-state index contributed by atoms with van der Waals surface area (Å²) in [5.41, 5.74) is 0. The van der Waals surface area contributed by atoms with Crippen molar-refractivity contribution in [1.29, 1.82) is 0 Å². The summed E-state index contributed by atoms with van der Waals surface area (Å²) in [5, 5.41) is 3.16. The fourth-order valence-electron chi connectivity index (χ4n) is 1.78. The van der Waals surface area contributed by atoms with Crippen LogP contribution in [0.1, 0.15) is 19.3 Å². The molecule has 0 N–H and O–H groups in total. The summed E-state index contributed by atoms with van der Waals surface area (Å²) in [6, 6.07) is 13.7. The van der Waals surface area contributed by atoms with Gasteiger partial charge in [-0.1, -0.05) is 46.3 Å². The number of ether oxygens (including phenoxy) is 1. The lowest BCUT2D eigenvalue weighted by Gasteiger charge is -2.05. The Balaban J connectivity index is 2.01. The Bertz CT molecular complexity index is 537. The molecule has 0 fully saturated rings. The molecule has 0 aliphatic heterocycles. The minimum Gasteiger partial charge on any atom is -0.427 e. The standard InChI is InChI=1S/C15H15BrO2/c16-10-4-3-7-15(17)18-14-9-8-12-5-1-2-6-13(12)11-14/h1-2,5-6,8-9,11H,3-4,7,10H2. The van der Waals surface area contributed by atoms with Crippen LogP contribution in [0.2, 0.25) is 0 Å². The Hall–Kier alpha value is -1.35. The molecule has 0 aromatic heterocycles. The van der Waals surface area contributed by atoms with Crippen molar-refractivity contribution in [1.82, 2.24) is 0 Å². The second-order valence-corrected chi connectivity index (χ2v) is 4.92. The molecule has 18 heavy (non-hydrogen) atoms. The molecule has 0 aliphatic carbocycles. The van der Waals surface area contributed by atoms with Crippen LogP contribution < -0.4 is 4.74 Å². The Morgan fingerprint density at radius 1 is 1.06 bits per heavy atom. The van der Waals surface area contributed by atoms with Crippen molar-refractivity contribution in [3.8, 4) is 5.75 Å². The average molecular weight is 307 g/mol. The maximum atomic E-state index is 11.6. The Labute approximate surface area is 115 Å². The summed E-state index contributed by atoms with van der Waals surface area (Å²) in [5.74, 6) is 0.462. The molecule has 3 heteroatoms. The number of carbonyl (C=O) groups excluding carboxylic acids is 1. The normalized spacial score (nSPS) is 10.5. The van der Waals surface area contributed by atoms with Gasteiger partial charge in [-0.25, -0.2) is 0 Å².